The van der Waals surface area contributed by atoms with Crippen LogP contribution in [0.4, 0.5) is 19.1 Å². The fourth-order valence-corrected chi connectivity index (χ4v) is 4.25. The third kappa shape index (κ3) is 5.07. The van der Waals surface area contributed by atoms with E-state index >= 15 is 0 Å². The predicted molar refractivity (Wildman–Crippen MR) is 121 cm³/mol. The van der Waals surface area contributed by atoms with Gasteiger partial charge in [0.1, 0.15) is 6.61 Å². The molecular formula is C20H16ClF3N6O4S. The molecule has 2 N–H and O–H groups in total. The van der Waals surface area contributed by atoms with E-state index in [1.54, 1.807) is 12.1 Å². The number of hydrogen-bond donors (Lipinski definition) is 2. The van der Waals surface area contributed by atoms with Gasteiger partial charge in [0.25, 0.3) is 18.2 Å². The molecule has 3 aromatic heterocycles. The van der Waals surface area contributed by atoms with Crippen LogP contribution in [0, 0.1) is 5.82 Å². The molecule has 0 spiro atoms. The second kappa shape index (κ2) is 10.3. The summed E-state index contributed by atoms with van der Waals surface area (Å²) in [6.45, 7) is -0.924. The van der Waals surface area contributed by atoms with Crippen molar-refractivity contribution in [3.8, 4) is 28.9 Å². The number of aromatic nitrogens is 5. The highest BCUT2D eigenvalue weighted by molar-refractivity contribution is 7.86. The Labute approximate surface area is 203 Å². The first-order chi connectivity index (χ1) is 16.8. The molecular weight excluding hydrogens is 513 g/mol. The van der Waals surface area contributed by atoms with E-state index < -0.39 is 29.8 Å². The first-order valence-corrected chi connectivity index (χ1v) is 11.2. The number of nitrogens with one attached hydrogen (secondary N) is 2. The molecule has 3 heterocycles. The highest BCUT2D eigenvalue weighted by atomic mass is 35.5. The summed E-state index contributed by atoms with van der Waals surface area (Å²) in [6.07, 6.45) is 0.753. The number of halogens is 4. The van der Waals surface area contributed by atoms with Crippen molar-refractivity contribution in [2.75, 3.05) is 25.5 Å². The van der Waals surface area contributed by atoms with Crippen LogP contribution < -0.4 is 18.9 Å². The van der Waals surface area contributed by atoms with Crippen molar-refractivity contribution in [2.24, 2.45) is 0 Å². The fourth-order valence-electron chi connectivity index (χ4n) is 3.10. The lowest BCUT2D eigenvalue weighted by Crippen LogP contribution is -2.13. The molecule has 1 aromatic carbocycles. The Kier molecular flexibility index (Phi) is 7.21. The van der Waals surface area contributed by atoms with Gasteiger partial charge in [-0.3, -0.25) is 4.72 Å². The summed E-state index contributed by atoms with van der Waals surface area (Å²) >= 11 is 6.33. The highest BCUT2D eigenvalue weighted by Gasteiger charge is 2.22. The number of hydrogen-bond acceptors (Lipinski definition) is 8. The largest absolute Gasteiger partial charge is 0.478 e. The molecule has 0 amide bonds. The maximum absolute atomic E-state index is 13.3. The number of methoxy groups -OCH3 is 2. The second-order valence-electron chi connectivity index (χ2n) is 6.69. The topological polar surface area (TPSA) is 124 Å². The molecule has 0 radical (unpaired) electrons. The summed E-state index contributed by atoms with van der Waals surface area (Å²) in [5, 5.41) is 0.812. The van der Waals surface area contributed by atoms with Crippen molar-refractivity contribution >= 4 is 39.4 Å². The Morgan fingerprint density at radius 3 is 2.40 bits per heavy atom. The standard InChI is InChI=1S/C20H16ClF3N6O4S/c1-32-18-16(34-8-13(23)24)19(33-2)29-20(28-18)30-35(31)12-7-25-15-10(12)3-4-11(21)14(15)17-26-5-9(22)6-27-17/h3-7,13,25H,8H2,1-2H3,(H,28,29,30). The highest BCUT2D eigenvalue weighted by Crippen LogP contribution is 2.37. The molecule has 0 aliphatic carbocycles. The van der Waals surface area contributed by atoms with Crippen LogP contribution in [-0.2, 0) is 11.0 Å². The maximum Gasteiger partial charge on any atom is 0.272 e. The summed E-state index contributed by atoms with van der Waals surface area (Å²) in [7, 11) is 0.587. The lowest BCUT2D eigenvalue weighted by molar-refractivity contribution is 0.0781. The van der Waals surface area contributed by atoms with E-state index in [1.165, 1.54) is 20.4 Å². The quantitative estimate of drug-likeness (QED) is 0.334. The number of H-pyrrole nitrogens is 1. The smallest absolute Gasteiger partial charge is 0.272 e. The molecule has 184 valence electrons. The van der Waals surface area contributed by atoms with Crippen molar-refractivity contribution in [3.63, 3.8) is 0 Å². The van der Waals surface area contributed by atoms with E-state index in [4.69, 9.17) is 25.8 Å². The Morgan fingerprint density at radius 1 is 1.14 bits per heavy atom. The molecule has 1 atom stereocenters. The zero-order chi connectivity index (χ0) is 25.1. The van der Waals surface area contributed by atoms with E-state index in [0.717, 1.165) is 12.4 Å². The molecule has 4 aromatic rings. The minimum Gasteiger partial charge on any atom is -0.478 e. The van der Waals surface area contributed by atoms with Gasteiger partial charge in [-0.05, 0) is 6.07 Å². The van der Waals surface area contributed by atoms with Gasteiger partial charge in [0.15, 0.2) is 22.6 Å². The molecule has 1 unspecified atom stereocenters. The summed E-state index contributed by atoms with van der Waals surface area (Å²) in [6, 6.07) is 3.21. The number of anilines is 1. The average molecular weight is 529 g/mol. The number of ether oxygens (including phenoxy) is 3. The van der Waals surface area contributed by atoms with E-state index in [1.807, 2.05) is 0 Å². The zero-order valence-corrected chi connectivity index (χ0v) is 19.6. The Balaban J connectivity index is 1.68. The minimum absolute atomic E-state index is 0.173. The summed E-state index contributed by atoms with van der Waals surface area (Å²) < 4.78 is 69.3. The lowest BCUT2D eigenvalue weighted by Gasteiger charge is -2.14. The summed E-state index contributed by atoms with van der Waals surface area (Å²) in [5.41, 5.74) is 0.869. The van der Waals surface area contributed by atoms with Crippen LogP contribution in [0.3, 0.4) is 0 Å². The number of alkyl halides is 2. The van der Waals surface area contributed by atoms with Gasteiger partial charge in [-0.1, -0.05) is 17.7 Å². The van der Waals surface area contributed by atoms with Crippen molar-refractivity contribution in [3.05, 3.63) is 41.6 Å². The molecule has 10 nitrogen and oxygen atoms in total. The van der Waals surface area contributed by atoms with E-state index in [-0.39, 0.29) is 29.3 Å². The Morgan fingerprint density at radius 2 is 1.80 bits per heavy atom. The minimum atomic E-state index is -2.74. The summed E-state index contributed by atoms with van der Waals surface area (Å²) in [5.74, 6) is -1.22. The van der Waals surface area contributed by atoms with E-state index in [2.05, 4.69) is 29.6 Å². The third-order valence-corrected chi connectivity index (χ3v) is 5.96. The molecule has 35 heavy (non-hydrogen) atoms. The molecule has 0 aliphatic rings. The van der Waals surface area contributed by atoms with E-state index in [0.29, 0.717) is 26.4 Å². The van der Waals surface area contributed by atoms with Crippen molar-refractivity contribution in [2.45, 2.75) is 11.3 Å². The Hall–Kier alpha value is -3.65. The Bertz CT molecular complexity index is 1360. The van der Waals surface area contributed by atoms with Gasteiger partial charge in [0.2, 0.25) is 11.7 Å². The van der Waals surface area contributed by atoms with Gasteiger partial charge in [-0.25, -0.2) is 27.3 Å². The van der Waals surface area contributed by atoms with Crippen LogP contribution in [0.25, 0.3) is 22.3 Å². The molecule has 0 bridgehead atoms. The molecule has 0 saturated carbocycles. The third-order valence-electron chi connectivity index (χ3n) is 4.54. The molecule has 4 rings (SSSR count). The number of rotatable bonds is 9. The number of fused-ring (bicyclic) bond motifs is 1. The first-order valence-electron chi connectivity index (χ1n) is 9.69. The van der Waals surface area contributed by atoms with Crippen molar-refractivity contribution < 1.29 is 31.6 Å². The van der Waals surface area contributed by atoms with Gasteiger partial charge in [-0.15, -0.1) is 0 Å². The second-order valence-corrected chi connectivity index (χ2v) is 8.28. The SMILES string of the molecule is COc1nc(NS(=O)c2c[nH]c3c(-c4ncc(F)cn4)c(Cl)ccc23)nc(OC)c1OCC(F)F. The van der Waals surface area contributed by atoms with Gasteiger partial charge in [0, 0.05) is 11.6 Å². The van der Waals surface area contributed by atoms with Crippen LogP contribution in [0.15, 0.2) is 35.6 Å². The van der Waals surface area contributed by atoms with Crippen molar-refractivity contribution in [1.82, 2.24) is 24.9 Å². The van der Waals surface area contributed by atoms with Crippen LogP contribution in [-0.4, -0.2) is 56.4 Å². The monoisotopic (exact) mass is 528 g/mol. The van der Waals surface area contributed by atoms with Crippen LogP contribution in [0.5, 0.6) is 17.5 Å². The van der Waals surface area contributed by atoms with Crippen LogP contribution in [0.1, 0.15) is 0 Å². The molecule has 15 heteroatoms. The van der Waals surface area contributed by atoms with Crippen molar-refractivity contribution in [1.29, 1.82) is 0 Å². The maximum atomic E-state index is 13.3. The first kappa shape index (κ1) is 24.5. The van der Waals surface area contributed by atoms with Gasteiger partial charge < -0.3 is 19.2 Å². The number of aromatic amines is 1. The zero-order valence-electron chi connectivity index (χ0n) is 18.0. The van der Waals surface area contributed by atoms with Gasteiger partial charge in [0.05, 0.1) is 47.6 Å². The van der Waals surface area contributed by atoms with E-state index in [9.17, 15) is 17.4 Å². The normalized spacial score (nSPS) is 12.1. The fraction of sp³-hybridized carbons (Fsp3) is 0.200. The molecule has 0 fully saturated rings. The van der Waals surface area contributed by atoms with Gasteiger partial charge in [-0.2, -0.15) is 9.97 Å². The average Bonchev–Trinajstić information content (AvgIpc) is 3.27. The summed E-state index contributed by atoms with van der Waals surface area (Å²) in [4.78, 5) is 19.3. The number of nitrogens with zero attached hydrogens (tertiary/aromatic N) is 4. The van der Waals surface area contributed by atoms with Crippen LogP contribution in [0.2, 0.25) is 5.02 Å². The van der Waals surface area contributed by atoms with Gasteiger partial charge >= 0.3 is 0 Å². The lowest BCUT2D eigenvalue weighted by atomic mass is 10.1. The van der Waals surface area contributed by atoms with Crippen LogP contribution >= 0.6 is 11.6 Å². The molecule has 0 saturated heterocycles. The predicted octanol–water partition coefficient (Wildman–Crippen LogP) is 4.00. The molecule has 0 aliphatic heterocycles. The number of benzene rings is 1.